The summed E-state index contributed by atoms with van der Waals surface area (Å²) >= 11 is 5.99. The van der Waals surface area contributed by atoms with E-state index in [0.29, 0.717) is 30.1 Å². The number of rotatable bonds is 11. The van der Waals surface area contributed by atoms with E-state index in [1.165, 1.54) is 7.11 Å². The van der Waals surface area contributed by atoms with Gasteiger partial charge in [-0.05, 0) is 50.8 Å². The molecule has 0 unspecified atom stereocenters. The van der Waals surface area contributed by atoms with Crippen LogP contribution in [-0.2, 0) is 26.1 Å². The number of methoxy groups -OCH3 is 1. The third-order valence-corrected chi connectivity index (χ3v) is 9.62. The van der Waals surface area contributed by atoms with E-state index in [1.54, 1.807) is 42.4 Å². The van der Waals surface area contributed by atoms with Crippen LogP contribution in [0.1, 0.15) is 45.1 Å². The first kappa shape index (κ1) is 28.1. The fraction of sp³-hybridized carbons (Fsp3) is 0.667. The van der Waals surface area contributed by atoms with Crippen LogP contribution in [0.2, 0.25) is 5.02 Å². The number of carbonyl (C=O) groups excluding carboxylic acids is 1. The lowest BCUT2D eigenvalue weighted by molar-refractivity contribution is -0.151. The van der Waals surface area contributed by atoms with E-state index in [9.17, 15) is 26.4 Å². The van der Waals surface area contributed by atoms with Crippen LogP contribution in [0.25, 0.3) is 0 Å². The van der Waals surface area contributed by atoms with Gasteiger partial charge in [0.2, 0.25) is 15.9 Å². The largest absolute Gasteiger partial charge is 0.390 e. The van der Waals surface area contributed by atoms with Crippen molar-refractivity contribution in [1.82, 2.24) is 14.9 Å². The van der Waals surface area contributed by atoms with E-state index in [1.807, 2.05) is 0 Å². The first-order valence-electron chi connectivity index (χ1n) is 12.1. The van der Waals surface area contributed by atoms with Crippen molar-refractivity contribution in [2.75, 3.05) is 26.0 Å². The van der Waals surface area contributed by atoms with Crippen LogP contribution < -0.4 is 10.6 Å². The molecule has 3 fully saturated rings. The summed E-state index contributed by atoms with van der Waals surface area (Å²) in [5.41, 5.74) is -0.911. The fourth-order valence-electron chi connectivity index (χ4n) is 5.64. The molecule has 1 amide bonds. The second kappa shape index (κ2) is 9.69. The van der Waals surface area contributed by atoms with Gasteiger partial charge in [-0.15, -0.1) is 0 Å². The quantitative estimate of drug-likeness (QED) is 0.430. The molecule has 1 aromatic carbocycles. The number of benzene rings is 1. The molecular weight excluding hydrogens is 533 g/mol. The van der Waals surface area contributed by atoms with Crippen molar-refractivity contribution >= 4 is 33.4 Å². The van der Waals surface area contributed by atoms with E-state index in [0.717, 1.165) is 5.56 Å². The minimum absolute atomic E-state index is 0.0776. The molecule has 206 valence electrons. The van der Waals surface area contributed by atoms with Crippen molar-refractivity contribution in [2.45, 2.75) is 69.4 Å². The van der Waals surface area contributed by atoms with Gasteiger partial charge >= 0.3 is 6.18 Å². The molecule has 4 aliphatic rings. The molecule has 5 rings (SSSR count). The number of alkyl halides is 3. The van der Waals surface area contributed by atoms with Crippen molar-refractivity contribution in [3.8, 4) is 0 Å². The topological polar surface area (TPSA) is 100 Å². The number of amides is 1. The molecule has 0 spiro atoms. The molecule has 1 aliphatic heterocycles. The maximum Gasteiger partial charge on any atom is 0.390 e. The summed E-state index contributed by atoms with van der Waals surface area (Å²) < 4.78 is 70.6. The van der Waals surface area contributed by atoms with Gasteiger partial charge in [-0.3, -0.25) is 9.79 Å². The van der Waals surface area contributed by atoms with Crippen LogP contribution in [0.4, 0.5) is 13.2 Å². The predicted molar refractivity (Wildman–Crippen MR) is 134 cm³/mol. The molecule has 0 aromatic heterocycles. The summed E-state index contributed by atoms with van der Waals surface area (Å²) in [7, 11) is -2.18. The number of amidine groups is 1. The van der Waals surface area contributed by atoms with E-state index >= 15 is 0 Å². The van der Waals surface area contributed by atoms with Gasteiger partial charge in [0.1, 0.15) is 5.84 Å². The minimum atomic E-state index is -4.35. The van der Waals surface area contributed by atoms with E-state index in [-0.39, 0.29) is 24.3 Å². The molecule has 1 aromatic rings. The Bertz CT molecular complexity index is 1150. The summed E-state index contributed by atoms with van der Waals surface area (Å²) in [6.45, 7) is 3.33. The molecule has 3 saturated carbocycles. The lowest BCUT2D eigenvalue weighted by atomic mass is 9.38. The molecule has 2 N–H and O–H groups in total. The number of carbonyl (C=O) groups is 1. The highest BCUT2D eigenvalue weighted by molar-refractivity contribution is 7.89. The van der Waals surface area contributed by atoms with Gasteiger partial charge in [0.25, 0.3) is 0 Å². The average Bonchev–Trinajstić information content (AvgIpc) is 3.05. The number of nitrogens with zero attached hydrogens (tertiary/aromatic N) is 2. The Hall–Kier alpha value is -1.89. The Kier molecular flexibility index (Phi) is 7.37. The highest BCUT2D eigenvalue weighted by Gasteiger charge is 2.75. The lowest BCUT2D eigenvalue weighted by Gasteiger charge is -2.73. The molecule has 2 bridgehead atoms. The summed E-state index contributed by atoms with van der Waals surface area (Å²) in [4.78, 5) is 17.2. The molecule has 13 heteroatoms. The maximum absolute atomic E-state index is 13.3. The molecule has 0 saturated heterocycles. The van der Waals surface area contributed by atoms with Gasteiger partial charge in [0.15, 0.2) is 6.04 Å². The van der Waals surface area contributed by atoms with Crippen molar-refractivity contribution < 1.29 is 31.1 Å². The summed E-state index contributed by atoms with van der Waals surface area (Å²) in [5, 5.41) is 6.20. The number of hydrogen-bond donors (Lipinski definition) is 2. The average molecular weight is 565 g/mol. The van der Waals surface area contributed by atoms with Crippen LogP contribution in [0.5, 0.6) is 0 Å². The Balaban J connectivity index is 1.48. The number of halogens is 4. The van der Waals surface area contributed by atoms with Crippen LogP contribution in [-0.4, -0.2) is 73.8 Å². The van der Waals surface area contributed by atoms with Crippen molar-refractivity contribution in [3.05, 3.63) is 34.9 Å². The number of sulfonamides is 1. The van der Waals surface area contributed by atoms with Gasteiger partial charge in [0.05, 0.1) is 24.3 Å². The number of ether oxygens (including phenoxy) is 1. The van der Waals surface area contributed by atoms with E-state index in [2.05, 4.69) is 15.6 Å². The maximum atomic E-state index is 13.3. The number of hydrogen-bond acceptors (Lipinski definition) is 6. The molecule has 37 heavy (non-hydrogen) atoms. The molecule has 1 atom stereocenters. The third-order valence-electron chi connectivity index (χ3n) is 7.49. The zero-order chi connectivity index (χ0) is 27.3. The Morgan fingerprint density at radius 2 is 1.86 bits per heavy atom. The summed E-state index contributed by atoms with van der Waals surface area (Å²) in [6, 6.07) is 6.17. The normalized spacial score (nSPS) is 28.2. The van der Waals surface area contributed by atoms with Crippen LogP contribution in [0, 0.1) is 5.41 Å². The standard InChI is InChI=1S/C24H32ClF3N4O4S/c1-21(2)18(19(33)29-9-8-24(26,27)28)30-20(31-21)22-13-23(14-22,15-22)32(37(34,35)11-10-36-3)12-16-4-6-17(25)7-5-16/h4-7,18H,8-15H2,1-3H3,(H,29,33)(H,30,31)/t18-,22?,23?/m0/s1. The van der Waals surface area contributed by atoms with Crippen LogP contribution in [0.3, 0.4) is 0 Å². The molecule has 3 aliphatic carbocycles. The molecular formula is C24H32ClF3N4O4S. The van der Waals surface area contributed by atoms with E-state index in [4.69, 9.17) is 16.3 Å². The van der Waals surface area contributed by atoms with Gasteiger partial charge in [-0.1, -0.05) is 23.7 Å². The first-order valence-corrected chi connectivity index (χ1v) is 14.1. The highest BCUT2D eigenvalue weighted by Crippen LogP contribution is 2.71. The van der Waals surface area contributed by atoms with Crippen molar-refractivity contribution in [1.29, 1.82) is 0 Å². The van der Waals surface area contributed by atoms with Crippen LogP contribution >= 0.6 is 11.6 Å². The number of nitrogens with one attached hydrogen (secondary N) is 2. The van der Waals surface area contributed by atoms with Gasteiger partial charge < -0.3 is 15.4 Å². The Morgan fingerprint density at radius 3 is 2.43 bits per heavy atom. The minimum Gasteiger partial charge on any atom is -0.384 e. The molecule has 8 nitrogen and oxygen atoms in total. The Morgan fingerprint density at radius 1 is 1.24 bits per heavy atom. The lowest BCUT2D eigenvalue weighted by Crippen LogP contribution is -2.78. The van der Waals surface area contributed by atoms with Gasteiger partial charge in [-0.2, -0.15) is 17.5 Å². The summed E-state index contributed by atoms with van der Waals surface area (Å²) in [5.74, 6) is -0.0845. The second-order valence-corrected chi connectivity index (χ2v) is 13.3. The van der Waals surface area contributed by atoms with Crippen molar-refractivity contribution in [2.24, 2.45) is 10.4 Å². The van der Waals surface area contributed by atoms with Crippen LogP contribution in [0.15, 0.2) is 29.3 Å². The third kappa shape index (κ3) is 5.62. The smallest absolute Gasteiger partial charge is 0.384 e. The molecule has 0 radical (unpaired) electrons. The molecule has 1 heterocycles. The fourth-order valence-corrected chi connectivity index (χ4v) is 7.50. The SMILES string of the molecule is COCCS(=O)(=O)N(Cc1ccc(Cl)cc1)C12CC(C3=N[C@@H](C(=O)NCCC(F)(F)F)C(C)(C)N3)(C1)C2. The predicted octanol–water partition coefficient (Wildman–Crippen LogP) is 3.26. The first-order chi connectivity index (χ1) is 17.1. The van der Waals surface area contributed by atoms with Crippen molar-refractivity contribution in [3.63, 3.8) is 0 Å². The van der Waals surface area contributed by atoms with Gasteiger partial charge in [0, 0.05) is 36.2 Å². The zero-order valence-corrected chi connectivity index (χ0v) is 22.6. The van der Waals surface area contributed by atoms with E-state index < -0.39 is 52.2 Å². The monoisotopic (exact) mass is 564 g/mol. The highest BCUT2D eigenvalue weighted by atomic mass is 35.5. The number of aliphatic imine (C=N–C) groups is 1. The second-order valence-electron chi connectivity index (χ2n) is 10.9. The Labute approximate surface area is 220 Å². The summed E-state index contributed by atoms with van der Waals surface area (Å²) in [6.07, 6.45) is -3.82. The zero-order valence-electron chi connectivity index (χ0n) is 21.0. The van der Waals surface area contributed by atoms with Gasteiger partial charge in [-0.25, -0.2) is 8.42 Å².